The molecule has 0 aliphatic heterocycles. The van der Waals surface area contributed by atoms with E-state index < -0.39 is 0 Å². The Morgan fingerprint density at radius 2 is 1.79 bits per heavy atom. The number of nitrogens with zero attached hydrogens (tertiary/aromatic N) is 1. The van der Waals surface area contributed by atoms with Crippen LogP contribution in [0, 0.1) is 0 Å². The lowest BCUT2D eigenvalue weighted by atomic mass is 10.3. The number of hydrogen-bond acceptors (Lipinski definition) is 3. The SMILES string of the molecule is Oc1c(Cl)cc(NCc2ncc(Br)cc2Br)cc1Cl. The predicted molar refractivity (Wildman–Crippen MR) is 85.1 cm³/mol. The maximum atomic E-state index is 9.47. The number of nitrogens with one attached hydrogen (secondary N) is 1. The first-order valence-electron chi connectivity index (χ1n) is 5.19. The zero-order valence-corrected chi connectivity index (χ0v) is 14.1. The van der Waals surface area contributed by atoms with E-state index in [2.05, 4.69) is 42.2 Å². The van der Waals surface area contributed by atoms with Gasteiger partial charge < -0.3 is 10.4 Å². The summed E-state index contributed by atoms with van der Waals surface area (Å²) in [7, 11) is 0. The molecular weight excluding hydrogens is 419 g/mol. The fourth-order valence-electron chi connectivity index (χ4n) is 1.43. The van der Waals surface area contributed by atoms with Gasteiger partial charge in [0, 0.05) is 20.8 Å². The zero-order chi connectivity index (χ0) is 14.0. The van der Waals surface area contributed by atoms with Crippen molar-refractivity contribution in [2.24, 2.45) is 0 Å². The topological polar surface area (TPSA) is 45.1 Å². The molecule has 2 aromatic rings. The highest BCUT2D eigenvalue weighted by Crippen LogP contribution is 2.34. The molecule has 0 atom stereocenters. The van der Waals surface area contributed by atoms with Gasteiger partial charge in [-0.1, -0.05) is 23.2 Å². The first-order chi connectivity index (χ1) is 8.97. The number of halogens is 4. The van der Waals surface area contributed by atoms with Crippen molar-refractivity contribution in [2.45, 2.75) is 6.54 Å². The molecular formula is C12H8Br2Cl2N2O. The van der Waals surface area contributed by atoms with E-state index in [9.17, 15) is 5.11 Å². The first-order valence-corrected chi connectivity index (χ1v) is 7.53. The van der Waals surface area contributed by atoms with Crippen molar-refractivity contribution in [3.05, 3.63) is 49.1 Å². The minimum atomic E-state index is -0.114. The highest BCUT2D eigenvalue weighted by molar-refractivity contribution is 9.11. The molecule has 0 amide bonds. The van der Waals surface area contributed by atoms with Crippen molar-refractivity contribution in [1.29, 1.82) is 0 Å². The van der Waals surface area contributed by atoms with Crippen LogP contribution in [0.15, 0.2) is 33.3 Å². The van der Waals surface area contributed by atoms with Crippen LogP contribution in [0.4, 0.5) is 5.69 Å². The number of pyridine rings is 1. The number of hydrogen-bond donors (Lipinski definition) is 2. The molecule has 0 radical (unpaired) electrons. The van der Waals surface area contributed by atoms with Crippen LogP contribution in [0.3, 0.4) is 0 Å². The Balaban J connectivity index is 2.14. The summed E-state index contributed by atoms with van der Waals surface area (Å²) in [4.78, 5) is 4.28. The lowest BCUT2D eigenvalue weighted by Crippen LogP contribution is -2.02. The van der Waals surface area contributed by atoms with Gasteiger partial charge in [-0.3, -0.25) is 4.98 Å². The van der Waals surface area contributed by atoms with Gasteiger partial charge >= 0.3 is 0 Å². The molecule has 0 spiro atoms. The normalized spacial score (nSPS) is 10.5. The Kier molecular flexibility index (Phi) is 4.95. The van der Waals surface area contributed by atoms with E-state index in [0.29, 0.717) is 12.2 Å². The van der Waals surface area contributed by atoms with Gasteiger partial charge in [-0.05, 0) is 50.1 Å². The van der Waals surface area contributed by atoms with Crippen LogP contribution in [0.2, 0.25) is 10.0 Å². The molecule has 2 N–H and O–H groups in total. The third kappa shape index (κ3) is 3.75. The number of aromatic nitrogens is 1. The molecule has 100 valence electrons. The largest absolute Gasteiger partial charge is 0.505 e. The van der Waals surface area contributed by atoms with Gasteiger partial charge in [-0.2, -0.15) is 0 Å². The zero-order valence-electron chi connectivity index (χ0n) is 9.42. The number of aromatic hydroxyl groups is 1. The Bertz CT molecular complexity index is 600. The van der Waals surface area contributed by atoms with Gasteiger partial charge in [0.1, 0.15) is 0 Å². The van der Waals surface area contributed by atoms with Crippen molar-refractivity contribution >= 4 is 60.7 Å². The molecule has 1 heterocycles. The van der Waals surface area contributed by atoms with Crippen molar-refractivity contribution in [2.75, 3.05) is 5.32 Å². The predicted octanol–water partition coefficient (Wildman–Crippen LogP) is 5.23. The molecule has 0 fully saturated rings. The van der Waals surface area contributed by atoms with Crippen LogP contribution in [0.5, 0.6) is 5.75 Å². The third-order valence-electron chi connectivity index (χ3n) is 2.36. The van der Waals surface area contributed by atoms with E-state index in [1.807, 2.05) is 6.07 Å². The second-order valence-electron chi connectivity index (χ2n) is 3.72. The Morgan fingerprint density at radius 1 is 1.16 bits per heavy atom. The van der Waals surface area contributed by atoms with Gasteiger partial charge in [-0.15, -0.1) is 0 Å². The quantitative estimate of drug-likeness (QED) is 0.660. The third-order valence-corrected chi connectivity index (χ3v) is 4.06. The average Bonchev–Trinajstić information content (AvgIpc) is 2.34. The summed E-state index contributed by atoms with van der Waals surface area (Å²) in [6.45, 7) is 0.505. The summed E-state index contributed by atoms with van der Waals surface area (Å²) in [6, 6.07) is 5.13. The average molecular weight is 427 g/mol. The summed E-state index contributed by atoms with van der Waals surface area (Å²) < 4.78 is 1.80. The molecule has 0 aliphatic rings. The number of phenolic OH excluding ortho intramolecular Hbond substituents is 1. The lowest BCUT2D eigenvalue weighted by Gasteiger charge is -2.09. The van der Waals surface area contributed by atoms with Crippen molar-refractivity contribution < 1.29 is 5.11 Å². The Labute approximate surface area is 137 Å². The van der Waals surface area contributed by atoms with Crippen molar-refractivity contribution in [1.82, 2.24) is 4.98 Å². The molecule has 1 aromatic heterocycles. The minimum Gasteiger partial charge on any atom is -0.505 e. The highest BCUT2D eigenvalue weighted by Gasteiger charge is 2.07. The standard InChI is InChI=1S/C12H8Br2Cl2N2O/c13-6-1-8(14)11(18-4-6)5-17-7-2-9(15)12(19)10(16)3-7/h1-4,17,19H,5H2. The summed E-state index contributed by atoms with van der Waals surface area (Å²) in [5.41, 5.74) is 1.56. The molecule has 0 bridgehead atoms. The van der Waals surface area contributed by atoms with Gasteiger partial charge in [0.2, 0.25) is 0 Å². The Morgan fingerprint density at radius 3 is 2.37 bits per heavy atom. The maximum Gasteiger partial charge on any atom is 0.152 e. The second kappa shape index (κ2) is 6.31. The highest BCUT2D eigenvalue weighted by atomic mass is 79.9. The van der Waals surface area contributed by atoms with Gasteiger partial charge in [0.15, 0.2) is 5.75 Å². The van der Waals surface area contributed by atoms with Gasteiger partial charge in [0.25, 0.3) is 0 Å². The molecule has 0 unspecified atom stereocenters. The molecule has 1 aromatic carbocycles. The van der Waals surface area contributed by atoms with Crippen molar-refractivity contribution in [3.8, 4) is 5.75 Å². The number of benzene rings is 1. The second-order valence-corrected chi connectivity index (χ2v) is 6.31. The van der Waals surface area contributed by atoms with Gasteiger partial charge in [0.05, 0.1) is 22.3 Å². The van der Waals surface area contributed by atoms with Crippen LogP contribution in [0.1, 0.15) is 5.69 Å². The number of rotatable bonds is 3. The van der Waals surface area contributed by atoms with E-state index in [4.69, 9.17) is 23.2 Å². The summed E-state index contributed by atoms with van der Waals surface area (Å²) >= 11 is 18.5. The number of anilines is 1. The van der Waals surface area contributed by atoms with Crippen LogP contribution >= 0.6 is 55.1 Å². The molecule has 0 saturated carbocycles. The number of phenols is 1. The molecule has 19 heavy (non-hydrogen) atoms. The van der Waals surface area contributed by atoms with Crippen LogP contribution in [-0.4, -0.2) is 10.1 Å². The van der Waals surface area contributed by atoms with E-state index in [-0.39, 0.29) is 15.8 Å². The summed E-state index contributed by atoms with van der Waals surface area (Å²) in [5.74, 6) is -0.114. The minimum absolute atomic E-state index is 0.114. The smallest absolute Gasteiger partial charge is 0.152 e. The van der Waals surface area contributed by atoms with E-state index in [1.54, 1.807) is 18.3 Å². The van der Waals surface area contributed by atoms with Crippen LogP contribution in [-0.2, 0) is 6.54 Å². The molecule has 0 aliphatic carbocycles. The fraction of sp³-hybridized carbons (Fsp3) is 0.0833. The molecule has 3 nitrogen and oxygen atoms in total. The lowest BCUT2D eigenvalue weighted by molar-refractivity contribution is 0.476. The van der Waals surface area contributed by atoms with Crippen molar-refractivity contribution in [3.63, 3.8) is 0 Å². The monoisotopic (exact) mass is 424 g/mol. The molecule has 7 heteroatoms. The van der Waals surface area contributed by atoms with E-state index in [1.165, 1.54) is 0 Å². The van der Waals surface area contributed by atoms with Crippen LogP contribution < -0.4 is 5.32 Å². The maximum absolute atomic E-state index is 9.47. The summed E-state index contributed by atoms with van der Waals surface area (Å²) in [5, 5.41) is 13.0. The first kappa shape index (κ1) is 14.9. The fourth-order valence-corrected chi connectivity index (χ4v) is 3.04. The van der Waals surface area contributed by atoms with Crippen LogP contribution in [0.25, 0.3) is 0 Å². The van der Waals surface area contributed by atoms with E-state index >= 15 is 0 Å². The molecule has 2 rings (SSSR count). The molecule has 0 saturated heterocycles. The van der Waals surface area contributed by atoms with Gasteiger partial charge in [-0.25, -0.2) is 0 Å². The van der Waals surface area contributed by atoms with E-state index in [0.717, 1.165) is 14.6 Å². The summed E-state index contributed by atoms with van der Waals surface area (Å²) in [6.07, 6.45) is 1.72. The Hall–Kier alpha value is -0.490.